The van der Waals surface area contributed by atoms with Crippen molar-refractivity contribution in [2.45, 2.75) is 17.7 Å². The summed E-state index contributed by atoms with van der Waals surface area (Å²) in [5.41, 5.74) is 0.493. The predicted molar refractivity (Wildman–Crippen MR) is 74.4 cm³/mol. The highest BCUT2D eigenvalue weighted by Crippen LogP contribution is 2.27. The van der Waals surface area contributed by atoms with Crippen molar-refractivity contribution in [3.05, 3.63) is 29.8 Å². The Balaban J connectivity index is 2.02. The molecule has 0 aromatic heterocycles. The number of carbonyl (C=O) groups is 3. The normalized spacial score (nSPS) is 18.6. The van der Waals surface area contributed by atoms with Crippen molar-refractivity contribution in [1.29, 1.82) is 0 Å². The van der Waals surface area contributed by atoms with E-state index in [-0.39, 0.29) is 17.7 Å². The molecule has 2 rings (SSSR count). The van der Waals surface area contributed by atoms with Crippen LogP contribution >= 0.6 is 11.8 Å². The Morgan fingerprint density at radius 3 is 2.85 bits per heavy atom. The third kappa shape index (κ3) is 3.39. The molecule has 6 heteroatoms. The third-order valence-electron chi connectivity index (χ3n) is 3.09. The highest BCUT2D eigenvalue weighted by molar-refractivity contribution is 7.99. The number of thioether (sulfide) groups is 1. The minimum atomic E-state index is -0.392. The monoisotopic (exact) mass is 293 g/mol. The smallest absolute Gasteiger partial charge is 0.338 e. The van der Waals surface area contributed by atoms with Gasteiger partial charge in [-0.3, -0.25) is 14.9 Å². The number of amides is 2. The molecule has 1 aromatic carbocycles. The topological polar surface area (TPSA) is 72.5 Å². The minimum Gasteiger partial charge on any atom is -0.465 e. The average Bonchev–Trinajstić information content (AvgIpc) is 2.46. The quantitative estimate of drug-likeness (QED) is 0.519. The number of nitrogens with one attached hydrogen (secondary N) is 1. The summed E-state index contributed by atoms with van der Waals surface area (Å²) in [5, 5.41) is 2.33. The van der Waals surface area contributed by atoms with Crippen molar-refractivity contribution in [2.24, 2.45) is 5.92 Å². The Morgan fingerprint density at radius 2 is 2.15 bits per heavy atom. The van der Waals surface area contributed by atoms with E-state index in [0.29, 0.717) is 24.2 Å². The van der Waals surface area contributed by atoms with Crippen LogP contribution in [0.25, 0.3) is 0 Å². The minimum absolute atomic E-state index is 0.205. The number of ether oxygens (including phenoxy) is 1. The van der Waals surface area contributed by atoms with E-state index < -0.39 is 5.97 Å². The van der Waals surface area contributed by atoms with Crippen molar-refractivity contribution in [1.82, 2.24) is 5.32 Å². The average molecular weight is 293 g/mol. The molecule has 1 N–H and O–H groups in total. The molecule has 1 fully saturated rings. The number of imide groups is 1. The second-order valence-electron chi connectivity index (χ2n) is 4.45. The number of methoxy groups -OCH3 is 1. The Hall–Kier alpha value is -1.82. The Bertz CT molecular complexity index is 544. The molecule has 1 saturated heterocycles. The summed E-state index contributed by atoms with van der Waals surface area (Å²) >= 11 is 1.43. The van der Waals surface area contributed by atoms with Gasteiger partial charge in [0.1, 0.15) is 0 Å². The van der Waals surface area contributed by atoms with Crippen molar-refractivity contribution < 1.29 is 19.1 Å². The van der Waals surface area contributed by atoms with Gasteiger partial charge in [0.25, 0.3) is 0 Å². The first-order chi connectivity index (χ1) is 9.61. The summed E-state index contributed by atoms with van der Waals surface area (Å²) in [4.78, 5) is 35.2. The van der Waals surface area contributed by atoms with Crippen molar-refractivity contribution in [3.8, 4) is 0 Å². The van der Waals surface area contributed by atoms with Crippen LogP contribution in [0.3, 0.4) is 0 Å². The molecule has 0 saturated carbocycles. The molecule has 1 aliphatic rings. The van der Waals surface area contributed by atoms with E-state index in [1.807, 2.05) is 12.1 Å². The van der Waals surface area contributed by atoms with Crippen LogP contribution in [0.2, 0.25) is 0 Å². The predicted octanol–water partition coefficient (Wildman–Crippen LogP) is 1.62. The first-order valence-electron chi connectivity index (χ1n) is 6.25. The molecule has 0 bridgehead atoms. The van der Waals surface area contributed by atoms with Gasteiger partial charge in [0.15, 0.2) is 0 Å². The lowest BCUT2D eigenvalue weighted by atomic mass is 10.0. The molecule has 0 radical (unpaired) electrons. The van der Waals surface area contributed by atoms with Crippen LogP contribution in [0.15, 0.2) is 29.2 Å². The zero-order chi connectivity index (χ0) is 14.5. The van der Waals surface area contributed by atoms with E-state index in [0.717, 1.165) is 4.90 Å². The first kappa shape index (κ1) is 14.6. The summed E-state index contributed by atoms with van der Waals surface area (Å²) in [6, 6.07) is 7.11. The van der Waals surface area contributed by atoms with Gasteiger partial charge in [-0.15, -0.1) is 11.8 Å². The molecule has 106 valence electrons. The molecule has 1 aromatic rings. The van der Waals surface area contributed by atoms with E-state index in [1.54, 1.807) is 12.1 Å². The van der Waals surface area contributed by atoms with E-state index in [2.05, 4.69) is 5.32 Å². The maximum absolute atomic E-state index is 11.7. The summed E-state index contributed by atoms with van der Waals surface area (Å²) in [6.07, 6.45) is 0.924. The number of rotatable bonds is 4. The summed E-state index contributed by atoms with van der Waals surface area (Å²) in [5.74, 6) is -0.511. The van der Waals surface area contributed by atoms with Crippen LogP contribution < -0.4 is 5.32 Å². The van der Waals surface area contributed by atoms with E-state index in [4.69, 9.17) is 4.74 Å². The van der Waals surface area contributed by atoms with Gasteiger partial charge < -0.3 is 4.74 Å². The highest BCUT2D eigenvalue weighted by Gasteiger charge is 2.26. The summed E-state index contributed by atoms with van der Waals surface area (Å²) in [7, 11) is 1.34. The van der Waals surface area contributed by atoms with E-state index in [9.17, 15) is 14.4 Å². The maximum Gasteiger partial charge on any atom is 0.338 e. The van der Waals surface area contributed by atoms with Crippen LogP contribution in [0.4, 0.5) is 0 Å². The number of hydrogen-bond donors (Lipinski definition) is 1. The van der Waals surface area contributed by atoms with Gasteiger partial charge >= 0.3 is 5.97 Å². The zero-order valence-electron chi connectivity index (χ0n) is 11.0. The van der Waals surface area contributed by atoms with Gasteiger partial charge in [-0.25, -0.2) is 4.79 Å². The van der Waals surface area contributed by atoms with Gasteiger partial charge in [0.05, 0.1) is 12.7 Å². The van der Waals surface area contributed by atoms with Crippen LogP contribution in [-0.2, 0) is 14.3 Å². The largest absolute Gasteiger partial charge is 0.465 e. The van der Waals surface area contributed by atoms with Gasteiger partial charge in [0, 0.05) is 23.0 Å². The Kier molecular flexibility index (Phi) is 4.79. The van der Waals surface area contributed by atoms with Gasteiger partial charge in [-0.05, 0) is 18.6 Å². The first-order valence-corrected chi connectivity index (χ1v) is 7.24. The van der Waals surface area contributed by atoms with Gasteiger partial charge in [-0.2, -0.15) is 0 Å². The lowest BCUT2D eigenvalue weighted by Crippen LogP contribution is -2.41. The number of piperidine rings is 1. The number of carbonyl (C=O) groups excluding carboxylic acids is 3. The van der Waals surface area contributed by atoms with Crippen LogP contribution in [0, 0.1) is 5.92 Å². The Morgan fingerprint density at radius 1 is 1.40 bits per heavy atom. The molecular weight excluding hydrogens is 278 g/mol. The molecule has 5 nitrogen and oxygen atoms in total. The zero-order valence-corrected chi connectivity index (χ0v) is 11.9. The number of hydrogen-bond acceptors (Lipinski definition) is 5. The molecule has 2 amide bonds. The van der Waals surface area contributed by atoms with Crippen molar-refractivity contribution in [2.75, 3.05) is 12.9 Å². The summed E-state index contributed by atoms with van der Waals surface area (Å²) < 4.78 is 4.73. The SMILES string of the molecule is COC(=O)c1ccccc1SCC1CCC(=O)NC1=O. The lowest BCUT2D eigenvalue weighted by Gasteiger charge is -2.20. The number of esters is 1. The molecule has 1 aliphatic heterocycles. The molecule has 1 heterocycles. The van der Waals surface area contributed by atoms with Gasteiger partial charge in [-0.1, -0.05) is 12.1 Å². The van der Waals surface area contributed by atoms with Crippen molar-refractivity contribution >= 4 is 29.5 Å². The molecular formula is C14H15NO4S. The van der Waals surface area contributed by atoms with Crippen LogP contribution in [-0.4, -0.2) is 30.6 Å². The fourth-order valence-electron chi connectivity index (χ4n) is 1.96. The van der Waals surface area contributed by atoms with Crippen LogP contribution in [0.1, 0.15) is 23.2 Å². The molecule has 0 spiro atoms. The second-order valence-corrected chi connectivity index (χ2v) is 5.51. The lowest BCUT2D eigenvalue weighted by molar-refractivity contribution is -0.135. The maximum atomic E-state index is 11.7. The fourth-order valence-corrected chi connectivity index (χ4v) is 3.14. The molecule has 20 heavy (non-hydrogen) atoms. The van der Waals surface area contributed by atoms with Gasteiger partial charge in [0.2, 0.25) is 11.8 Å². The van der Waals surface area contributed by atoms with Crippen LogP contribution in [0.5, 0.6) is 0 Å². The standard InChI is InChI=1S/C14H15NO4S/c1-19-14(18)10-4-2-3-5-11(10)20-8-9-6-7-12(16)15-13(9)17/h2-5,9H,6-8H2,1H3,(H,15,16,17). The third-order valence-corrected chi connectivity index (χ3v) is 4.32. The summed E-state index contributed by atoms with van der Waals surface area (Å²) in [6.45, 7) is 0. The molecule has 1 unspecified atom stereocenters. The highest BCUT2D eigenvalue weighted by atomic mass is 32.2. The Labute approximate surface area is 121 Å². The molecule has 0 aliphatic carbocycles. The number of benzene rings is 1. The van der Waals surface area contributed by atoms with Crippen molar-refractivity contribution in [3.63, 3.8) is 0 Å². The fraction of sp³-hybridized carbons (Fsp3) is 0.357. The molecule has 1 atom stereocenters. The second kappa shape index (κ2) is 6.56. The van der Waals surface area contributed by atoms with E-state index in [1.165, 1.54) is 18.9 Å². The van der Waals surface area contributed by atoms with E-state index >= 15 is 0 Å².